The molecule has 4 rings (SSSR count). The zero-order valence-corrected chi connectivity index (χ0v) is 14.4. The first-order valence-corrected chi connectivity index (χ1v) is 9.01. The second kappa shape index (κ2) is 7.58. The van der Waals surface area contributed by atoms with E-state index in [4.69, 9.17) is 4.98 Å². The normalized spacial score (nSPS) is 17.7. The lowest BCUT2D eigenvalue weighted by molar-refractivity contribution is 0.244. The maximum Gasteiger partial charge on any atom is 0.0578 e. The molecule has 0 spiro atoms. The molecule has 3 nitrogen and oxygen atoms in total. The van der Waals surface area contributed by atoms with Gasteiger partial charge in [-0.1, -0.05) is 42.5 Å². The molecule has 2 aromatic heterocycles. The lowest BCUT2D eigenvalue weighted by atomic mass is 10.1. The smallest absolute Gasteiger partial charge is 0.0578 e. The van der Waals surface area contributed by atoms with Crippen LogP contribution in [0.3, 0.4) is 0 Å². The molecule has 126 valence electrons. The quantitative estimate of drug-likeness (QED) is 0.694. The summed E-state index contributed by atoms with van der Waals surface area (Å²) in [5.41, 5.74) is 4.94. The minimum atomic E-state index is 0.413. The Labute approximate surface area is 149 Å². The average Bonchev–Trinajstić information content (AvgIpc) is 3.12. The molecule has 0 unspecified atom stereocenters. The summed E-state index contributed by atoms with van der Waals surface area (Å²) >= 11 is 0. The molecule has 3 heteroatoms. The number of benzene rings is 1. The molecule has 0 aliphatic carbocycles. The summed E-state index contributed by atoms with van der Waals surface area (Å²) in [6.07, 6.45) is 7.11. The summed E-state index contributed by atoms with van der Waals surface area (Å²) in [5, 5.41) is 0. The fourth-order valence-electron chi connectivity index (χ4n) is 3.66. The molecule has 1 aliphatic rings. The van der Waals surface area contributed by atoms with Crippen LogP contribution in [-0.4, -0.2) is 21.4 Å². The Hall–Kier alpha value is -2.52. The van der Waals surface area contributed by atoms with Crippen molar-refractivity contribution in [1.29, 1.82) is 0 Å². The van der Waals surface area contributed by atoms with Crippen LogP contribution in [-0.2, 0) is 13.0 Å². The van der Waals surface area contributed by atoms with Crippen LogP contribution in [0.4, 0.5) is 0 Å². The van der Waals surface area contributed by atoms with Crippen molar-refractivity contribution in [2.24, 2.45) is 0 Å². The van der Waals surface area contributed by atoms with Gasteiger partial charge in [0.2, 0.25) is 0 Å². The first-order chi connectivity index (χ1) is 12.4. The Morgan fingerprint density at radius 2 is 1.80 bits per heavy atom. The number of hydrogen-bond donors (Lipinski definition) is 0. The van der Waals surface area contributed by atoms with Gasteiger partial charge in [0, 0.05) is 31.1 Å². The van der Waals surface area contributed by atoms with E-state index in [2.05, 4.69) is 64.5 Å². The molecule has 1 aliphatic heterocycles. The summed E-state index contributed by atoms with van der Waals surface area (Å²) in [6, 6.07) is 21.6. The Morgan fingerprint density at radius 1 is 0.920 bits per heavy atom. The molecule has 1 atom stereocenters. The van der Waals surface area contributed by atoms with Gasteiger partial charge < -0.3 is 0 Å². The van der Waals surface area contributed by atoms with Crippen molar-refractivity contribution in [3.8, 4) is 0 Å². The standard InChI is InChI=1S/C22H23N3/c1-2-7-18(8-3-1)15-20-10-4-11-21(24-20)22-12-6-14-25(22)17-19-9-5-13-23-16-19/h1-5,7-11,13,16,22H,6,12,14-15,17H2/t22-/m1/s1. The second-order valence-electron chi connectivity index (χ2n) is 6.71. The molecule has 0 amide bonds. The van der Waals surface area contributed by atoms with Gasteiger partial charge in [-0.2, -0.15) is 0 Å². The predicted molar refractivity (Wildman–Crippen MR) is 100 cm³/mol. The molecule has 0 saturated carbocycles. The monoisotopic (exact) mass is 329 g/mol. The molecular formula is C22H23N3. The van der Waals surface area contributed by atoms with E-state index >= 15 is 0 Å². The highest BCUT2D eigenvalue weighted by Crippen LogP contribution is 2.32. The lowest BCUT2D eigenvalue weighted by Crippen LogP contribution is -2.23. The number of rotatable bonds is 5. The summed E-state index contributed by atoms with van der Waals surface area (Å²) in [6.45, 7) is 2.08. The van der Waals surface area contributed by atoms with E-state index in [0.717, 1.165) is 25.2 Å². The number of likely N-dealkylation sites (tertiary alicyclic amines) is 1. The lowest BCUT2D eigenvalue weighted by Gasteiger charge is -2.24. The van der Waals surface area contributed by atoms with Gasteiger partial charge in [0.25, 0.3) is 0 Å². The zero-order valence-electron chi connectivity index (χ0n) is 14.4. The predicted octanol–water partition coefficient (Wildman–Crippen LogP) is 4.40. The number of pyridine rings is 2. The highest BCUT2D eigenvalue weighted by Gasteiger charge is 2.27. The van der Waals surface area contributed by atoms with Crippen molar-refractivity contribution in [3.05, 3.63) is 95.6 Å². The van der Waals surface area contributed by atoms with E-state index in [1.807, 2.05) is 18.5 Å². The molecule has 1 saturated heterocycles. The van der Waals surface area contributed by atoms with E-state index in [0.29, 0.717) is 6.04 Å². The van der Waals surface area contributed by atoms with Gasteiger partial charge in [0.1, 0.15) is 0 Å². The van der Waals surface area contributed by atoms with E-state index < -0.39 is 0 Å². The van der Waals surface area contributed by atoms with Crippen LogP contribution in [0.5, 0.6) is 0 Å². The van der Waals surface area contributed by atoms with Gasteiger partial charge in [-0.25, -0.2) is 0 Å². The first-order valence-electron chi connectivity index (χ1n) is 9.01. The van der Waals surface area contributed by atoms with Crippen molar-refractivity contribution in [2.75, 3.05) is 6.54 Å². The van der Waals surface area contributed by atoms with Crippen molar-refractivity contribution >= 4 is 0 Å². The summed E-state index contributed by atoms with van der Waals surface area (Å²) in [4.78, 5) is 11.8. The number of hydrogen-bond acceptors (Lipinski definition) is 3. The van der Waals surface area contributed by atoms with Gasteiger partial charge in [0.05, 0.1) is 11.7 Å². The van der Waals surface area contributed by atoms with Crippen molar-refractivity contribution < 1.29 is 0 Å². The third-order valence-corrected chi connectivity index (χ3v) is 4.87. The summed E-state index contributed by atoms with van der Waals surface area (Å²) < 4.78 is 0. The highest BCUT2D eigenvalue weighted by atomic mass is 15.2. The Kier molecular flexibility index (Phi) is 4.84. The Balaban J connectivity index is 1.51. The number of nitrogens with zero attached hydrogens (tertiary/aromatic N) is 3. The number of aromatic nitrogens is 2. The van der Waals surface area contributed by atoms with Crippen LogP contribution in [0.15, 0.2) is 73.1 Å². The van der Waals surface area contributed by atoms with Gasteiger partial charge in [0.15, 0.2) is 0 Å². The van der Waals surface area contributed by atoms with Gasteiger partial charge in [-0.15, -0.1) is 0 Å². The first kappa shape index (κ1) is 16.0. The third-order valence-electron chi connectivity index (χ3n) is 4.87. The summed E-state index contributed by atoms with van der Waals surface area (Å²) in [5.74, 6) is 0. The van der Waals surface area contributed by atoms with Crippen LogP contribution in [0.2, 0.25) is 0 Å². The van der Waals surface area contributed by atoms with Gasteiger partial charge in [-0.05, 0) is 48.7 Å². The Bertz CT molecular complexity index is 802. The SMILES string of the molecule is c1ccc(Cc2cccc([C@H]3CCCN3Cc3cccnc3)n2)cc1. The Morgan fingerprint density at radius 3 is 2.64 bits per heavy atom. The maximum absolute atomic E-state index is 4.98. The van der Waals surface area contributed by atoms with Crippen molar-refractivity contribution in [2.45, 2.75) is 31.8 Å². The van der Waals surface area contributed by atoms with Crippen molar-refractivity contribution in [1.82, 2.24) is 14.9 Å². The van der Waals surface area contributed by atoms with Gasteiger partial charge in [-0.3, -0.25) is 14.9 Å². The topological polar surface area (TPSA) is 29.0 Å². The van der Waals surface area contributed by atoms with Crippen LogP contribution in [0.25, 0.3) is 0 Å². The second-order valence-corrected chi connectivity index (χ2v) is 6.71. The fraction of sp³-hybridized carbons (Fsp3) is 0.273. The molecule has 25 heavy (non-hydrogen) atoms. The van der Waals surface area contributed by atoms with Crippen LogP contribution in [0.1, 0.15) is 41.4 Å². The largest absolute Gasteiger partial charge is 0.290 e. The highest BCUT2D eigenvalue weighted by molar-refractivity contribution is 5.24. The van der Waals surface area contributed by atoms with Gasteiger partial charge >= 0.3 is 0 Å². The molecule has 0 radical (unpaired) electrons. The average molecular weight is 329 g/mol. The molecule has 3 aromatic rings. The molecule has 0 N–H and O–H groups in total. The van der Waals surface area contributed by atoms with E-state index in [1.165, 1.54) is 29.7 Å². The molecule has 1 aromatic carbocycles. The van der Waals surface area contributed by atoms with E-state index in [-0.39, 0.29) is 0 Å². The molecule has 3 heterocycles. The van der Waals surface area contributed by atoms with Crippen LogP contribution >= 0.6 is 0 Å². The molecule has 0 bridgehead atoms. The fourth-order valence-corrected chi connectivity index (χ4v) is 3.66. The van der Waals surface area contributed by atoms with E-state index in [1.54, 1.807) is 0 Å². The maximum atomic E-state index is 4.98. The zero-order chi connectivity index (χ0) is 16.9. The minimum Gasteiger partial charge on any atom is -0.290 e. The molecule has 1 fully saturated rings. The molecular weight excluding hydrogens is 306 g/mol. The summed E-state index contributed by atoms with van der Waals surface area (Å²) in [7, 11) is 0. The third kappa shape index (κ3) is 3.94. The van der Waals surface area contributed by atoms with Crippen molar-refractivity contribution in [3.63, 3.8) is 0 Å². The van der Waals surface area contributed by atoms with Crippen LogP contribution < -0.4 is 0 Å². The van der Waals surface area contributed by atoms with Crippen LogP contribution in [0, 0.1) is 0 Å². The minimum absolute atomic E-state index is 0.413. The van der Waals surface area contributed by atoms with E-state index in [9.17, 15) is 0 Å².